The smallest absolute Gasteiger partial charge is 0.0510 e. The molecule has 0 fully saturated rings. The van der Waals surface area contributed by atoms with Crippen LogP contribution in [0.4, 0.5) is 0 Å². The Morgan fingerprint density at radius 3 is 2.92 bits per heavy atom. The first-order chi connectivity index (χ1) is 6.33. The number of benzene rings is 1. The van der Waals surface area contributed by atoms with E-state index in [2.05, 4.69) is 42.1 Å². The second-order valence-electron chi connectivity index (χ2n) is 3.32. The normalized spacial score (nSPS) is 10.9. The van der Waals surface area contributed by atoms with Crippen molar-refractivity contribution in [3.63, 3.8) is 0 Å². The Balaban J connectivity index is 2.65. The van der Waals surface area contributed by atoms with E-state index in [1.54, 1.807) is 0 Å². The van der Waals surface area contributed by atoms with E-state index in [1.807, 2.05) is 0 Å². The van der Waals surface area contributed by atoms with Crippen LogP contribution in [0, 0.1) is 0 Å². The Bertz CT molecular complexity index is 415. The van der Waals surface area contributed by atoms with Gasteiger partial charge in [0.2, 0.25) is 0 Å². The van der Waals surface area contributed by atoms with Gasteiger partial charge < -0.3 is 10.3 Å². The first kappa shape index (κ1) is 8.32. The van der Waals surface area contributed by atoms with Crippen LogP contribution in [0.3, 0.4) is 0 Å². The fourth-order valence-electron chi connectivity index (χ4n) is 1.80. The van der Waals surface area contributed by atoms with Crippen molar-refractivity contribution in [2.45, 2.75) is 6.42 Å². The van der Waals surface area contributed by atoms with Crippen molar-refractivity contribution in [3.8, 4) is 0 Å². The third-order valence-electron chi connectivity index (χ3n) is 2.39. The van der Waals surface area contributed by atoms with Crippen molar-refractivity contribution < 1.29 is 0 Å². The molecule has 13 heavy (non-hydrogen) atoms. The zero-order valence-electron chi connectivity index (χ0n) is 7.83. The Morgan fingerprint density at radius 2 is 2.15 bits per heavy atom. The number of fused-ring (bicyclic) bond motifs is 1. The van der Waals surface area contributed by atoms with Gasteiger partial charge in [-0.2, -0.15) is 0 Å². The molecule has 0 amide bonds. The van der Waals surface area contributed by atoms with E-state index < -0.39 is 0 Å². The van der Waals surface area contributed by atoms with Gasteiger partial charge >= 0.3 is 0 Å². The second kappa shape index (κ2) is 3.23. The molecular formula is C11H14N2. The first-order valence-corrected chi connectivity index (χ1v) is 4.56. The third-order valence-corrected chi connectivity index (χ3v) is 2.39. The van der Waals surface area contributed by atoms with Crippen LogP contribution in [0.5, 0.6) is 0 Å². The third kappa shape index (κ3) is 1.33. The molecule has 1 heterocycles. The quantitative estimate of drug-likeness (QED) is 0.737. The molecule has 2 aromatic rings. The summed E-state index contributed by atoms with van der Waals surface area (Å²) in [6.07, 6.45) is 3.04. The van der Waals surface area contributed by atoms with E-state index in [0.717, 1.165) is 6.42 Å². The summed E-state index contributed by atoms with van der Waals surface area (Å²) in [5.41, 5.74) is 8.21. The molecular weight excluding hydrogens is 160 g/mol. The largest absolute Gasteiger partial charge is 0.350 e. The molecule has 0 radical (unpaired) electrons. The van der Waals surface area contributed by atoms with Crippen LogP contribution in [0.2, 0.25) is 0 Å². The molecule has 0 spiro atoms. The molecule has 0 aliphatic rings. The minimum atomic E-state index is 0.713. The van der Waals surface area contributed by atoms with E-state index in [-0.39, 0.29) is 0 Å². The van der Waals surface area contributed by atoms with Crippen molar-refractivity contribution >= 4 is 10.9 Å². The van der Waals surface area contributed by atoms with Gasteiger partial charge in [-0.3, -0.25) is 0 Å². The van der Waals surface area contributed by atoms with E-state index in [9.17, 15) is 0 Å². The van der Waals surface area contributed by atoms with Crippen LogP contribution >= 0.6 is 0 Å². The van der Waals surface area contributed by atoms with Gasteiger partial charge in [0, 0.05) is 13.2 Å². The summed E-state index contributed by atoms with van der Waals surface area (Å²) < 4.78 is 2.15. The highest BCUT2D eigenvalue weighted by Crippen LogP contribution is 2.19. The molecule has 0 bridgehead atoms. The van der Waals surface area contributed by atoms with Crippen LogP contribution in [-0.4, -0.2) is 11.1 Å². The van der Waals surface area contributed by atoms with E-state index in [0.29, 0.717) is 6.54 Å². The van der Waals surface area contributed by atoms with Gasteiger partial charge in [0.15, 0.2) is 0 Å². The van der Waals surface area contributed by atoms with Crippen molar-refractivity contribution in [1.29, 1.82) is 0 Å². The Hall–Kier alpha value is -1.28. The predicted octanol–water partition coefficient (Wildman–Crippen LogP) is 1.68. The molecule has 2 rings (SSSR count). The van der Waals surface area contributed by atoms with Crippen LogP contribution in [0.1, 0.15) is 5.56 Å². The van der Waals surface area contributed by atoms with Crippen LogP contribution < -0.4 is 5.73 Å². The molecule has 2 N–H and O–H groups in total. The minimum absolute atomic E-state index is 0.713. The molecule has 1 aromatic heterocycles. The molecule has 0 unspecified atom stereocenters. The van der Waals surface area contributed by atoms with Gasteiger partial charge in [-0.15, -0.1) is 0 Å². The topological polar surface area (TPSA) is 30.9 Å². The number of aromatic nitrogens is 1. The summed E-state index contributed by atoms with van der Waals surface area (Å²) >= 11 is 0. The number of aryl methyl sites for hydroxylation is 1. The lowest BCUT2D eigenvalue weighted by Gasteiger charge is -2.03. The monoisotopic (exact) mass is 174 g/mol. The lowest BCUT2D eigenvalue weighted by Crippen LogP contribution is -2.04. The standard InChI is InChI=1S/C11H14N2/c1-13-8-6-10-4-2-3-9(5-7-12)11(10)13/h2-4,6,8H,5,7,12H2,1H3. The highest BCUT2D eigenvalue weighted by atomic mass is 14.9. The lowest BCUT2D eigenvalue weighted by molar-refractivity contribution is 0.929. The zero-order valence-corrected chi connectivity index (χ0v) is 7.83. The van der Waals surface area contributed by atoms with Gasteiger partial charge in [-0.1, -0.05) is 18.2 Å². The number of nitrogens with zero attached hydrogens (tertiary/aromatic N) is 1. The molecule has 0 aliphatic carbocycles. The number of hydrogen-bond acceptors (Lipinski definition) is 1. The molecule has 2 heteroatoms. The summed E-state index contributed by atoms with van der Waals surface area (Å²) in [4.78, 5) is 0. The SMILES string of the molecule is Cn1ccc2cccc(CCN)c21. The molecule has 68 valence electrons. The van der Waals surface area contributed by atoms with Crippen LogP contribution in [0.15, 0.2) is 30.5 Å². The zero-order chi connectivity index (χ0) is 9.26. The highest BCUT2D eigenvalue weighted by molar-refractivity contribution is 5.83. The van der Waals surface area contributed by atoms with E-state index in [4.69, 9.17) is 5.73 Å². The number of rotatable bonds is 2. The fourth-order valence-corrected chi connectivity index (χ4v) is 1.80. The molecule has 1 aromatic carbocycles. The summed E-state index contributed by atoms with van der Waals surface area (Å²) in [5.74, 6) is 0. The van der Waals surface area contributed by atoms with Gasteiger partial charge in [-0.05, 0) is 30.0 Å². The van der Waals surface area contributed by atoms with Crippen molar-refractivity contribution in [3.05, 3.63) is 36.0 Å². The van der Waals surface area contributed by atoms with Crippen molar-refractivity contribution in [1.82, 2.24) is 4.57 Å². The van der Waals surface area contributed by atoms with Gasteiger partial charge in [-0.25, -0.2) is 0 Å². The van der Waals surface area contributed by atoms with Crippen molar-refractivity contribution in [2.24, 2.45) is 12.8 Å². The summed E-state index contributed by atoms with van der Waals surface area (Å²) in [6, 6.07) is 8.51. The summed E-state index contributed by atoms with van der Waals surface area (Å²) in [7, 11) is 2.07. The minimum Gasteiger partial charge on any atom is -0.350 e. The lowest BCUT2D eigenvalue weighted by atomic mass is 10.1. The highest BCUT2D eigenvalue weighted by Gasteiger charge is 2.02. The van der Waals surface area contributed by atoms with E-state index in [1.165, 1.54) is 16.5 Å². The summed E-state index contributed by atoms with van der Waals surface area (Å²) in [6.45, 7) is 0.713. The predicted molar refractivity (Wildman–Crippen MR) is 55.7 cm³/mol. The molecule has 0 saturated heterocycles. The fraction of sp³-hybridized carbons (Fsp3) is 0.273. The van der Waals surface area contributed by atoms with Crippen LogP contribution in [0.25, 0.3) is 10.9 Å². The first-order valence-electron chi connectivity index (χ1n) is 4.56. The Kier molecular flexibility index (Phi) is 2.07. The Morgan fingerprint density at radius 1 is 1.31 bits per heavy atom. The number of hydrogen-bond donors (Lipinski definition) is 1. The van der Waals surface area contributed by atoms with Crippen LogP contribution in [-0.2, 0) is 13.5 Å². The maximum Gasteiger partial charge on any atom is 0.0510 e. The molecule has 0 aliphatic heterocycles. The Labute approximate surface area is 78.0 Å². The average Bonchev–Trinajstić information content (AvgIpc) is 2.50. The van der Waals surface area contributed by atoms with E-state index >= 15 is 0 Å². The number of para-hydroxylation sites is 1. The average molecular weight is 174 g/mol. The summed E-state index contributed by atoms with van der Waals surface area (Å²) in [5, 5.41) is 1.30. The second-order valence-corrected chi connectivity index (χ2v) is 3.32. The molecule has 0 atom stereocenters. The number of nitrogens with two attached hydrogens (primary N) is 1. The van der Waals surface area contributed by atoms with Crippen molar-refractivity contribution in [2.75, 3.05) is 6.54 Å². The molecule has 0 saturated carbocycles. The molecule has 2 nitrogen and oxygen atoms in total. The maximum atomic E-state index is 5.56. The van der Waals surface area contributed by atoms with Gasteiger partial charge in [0.05, 0.1) is 5.52 Å². The van der Waals surface area contributed by atoms with Gasteiger partial charge in [0.25, 0.3) is 0 Å². The van der Waals surface area contributed by atoms with Gasteiger partial charge in [0.1, 0.15) is 0 Å². The maximum absolute atomic E-state index is 5.56.